The van der Waals surface area contributed by atoms with E-state index in [1.807, 2.05) is 45.0 Å². The number of nitrogens with zero attached hydrogens (tertiary/aromatic N) is 1. The first-order chi connectivity index (χ1) is 18.5. The molecule has 2 rings (SSSR count). The van der Waals surface area contributed by atoms with Gasteiger partial charge in [0.2, 0.25) is 17.7 Å². The first-order valence-electron chi connectivity index (χ1n) is 14.1. The van der Waals surface area contributed by atoms with E-state index in [4.69, 9.17) is 11.5 Å². The minimum absolute atomic E-state index is 0.00926. The fraction of sp³-hybridized carbons (Fsp3) is 0.548. The van der Waals surface area contributed by atoms with Crippen molar-refractivity contribution in [1.29, 1.82) is 0 Å². The number of para-hydroxylation sites is 1. The van der Waals surface area contributed by atoms with Crippen LogP contribution >= 0.6 is 0 Å². The van der Waals surface area contributed by atoms with E-state index in [0.29, 0.717) is 29.5 Å². The number of aliphatic imine (C=N–C) groups is 1. The van der Waals surface area contributed by atoms with Gasteiger partial charge in [-0.25, -0.2) is 4.99 Å². The van der Waals surface area contributed by atoms with Crippen LogP contribution in [0.4, 0.5) is 5.69 Å². The Bertz CT molecular complexity index is 996. The predicted octanol–water partition coefficient (Wildman–Crippen LogP) is 5.15. The molecule has 0 radical (unpaired) electrons. The number of benzene rings is 1. The molecule has 3 atom stereocenters. The van der Waals surface area contributed by atoms with Gasteiger partial charge in [0.1, 0.15) is 5.84 Å². The number of hydrogen-bond acceptors (Lipinski definition) is 4. The Labute approximate surface area is 234 Å². The summed E-state index contributed by atoms with van der Waals surface area (Å²) in [6.45, 7) is 13.7. The molecule has 6 N–H and O–H groups in total. The number of primary amides is 1. The minimum atomic E-state index is -0.241. The minimum Gasteiger partial charge on any atom is -0.383 e. The number of carbonyl (C=O) groups is 3. The summed E-state index contributed by atoms with van der Waals surface area (Å²) in [5.74, 6) is 0.593. The van der Waals surface area contributed by atoms with Crippen molar-refractivity contribution in [2.45, 2.75) is 73.1 Å². The molecule has 0 aromatic heterocycles. The Kier molecular flexibility index (Phi) is 15.5. The summed E-state index contributed by atoms with van der Waals surface area (Å²) in [5.41, 5.74) is 12.2. The zero-order valence-electron chi connectivity index (χ0n) is 24.4. The van der Waals surface area contributed by atoms with Gasteiger partial charge in [0.15, 0.2) is 0 Å². The SMILES string of the molecule is C=C/C=C\N=C(N)c1ccccc1NC(=O)C(C)[C@@H](C)CCNC(=O)C(C)C1CCCCC1.CC(C)C(N)=O. The van der Waals surface area contributed by atoms with Crippen LogP contribution in [0, 0.1) is 29.6 Å². The Morgan fingerprint density at radius 2 is 1.64 bits per heavy atom. The number of allylic oxidation sites excluding steroid dienone is 2. The first-order valence-corrected chi connectivity index (χ1v) is 14.1. The second-order valence-electron chi connectivity index (χ2n) is 10.7. The maximum Gasteiger partial charge on any atom is 0.227 e. The summed E-state index contributed by atoms with van der Waals surface area (Å²) in [5, 5.41) is 6.08. The number of anilines is 1. The molecule has 1 aromatic carbocycles. The summed E-state index contributed by atoms with van der Waals surface area (Å²) in [6.07, 6.45) is 11.7. The highest BCUT2D eigenvalue weighted by Gasteiger charge is 2.26. The van der Waals surface area contributed by atoms with Crippen LogP contribution in [0.1, 0.15) is 78.7 Å². The summed E-state index contributed by atoms with van der Waals surface area (Å²) in [6, 6.07) is 7.35. The van der Waals surface area contributed by atoms with Gasteiger partial charge in [0.05, 0.1) is 5.69 Å². The van der Waals surface area contributed by atoms with Crippen LogP contribution in [-0.4, -0.2) is 30.1 Å². The van der Waals surface area contributed by atoms with Crippen LogP contribution in [0.15, 0.2) is 54.2 Å². The molecule has 0 spiro atoms. The predicted molar refractivity (Wildman–Crippen MR) is 161 cm³/mol. The molecule has 8 heteroatoms. The van der Waals surface area contributed by atoms with Gasteiger partial charge in [0.25, 0.3) is 0 Å². The second-order valence-corrected chi connectivity index (χ2v) is 10.7. The van der Waals surface area contributed by atoms with E-state index in [0.717, 1.165) is 19.3 Å². The van der Waals surface area contributed by atoms with Gasteiger partial charge in [-0.1, -0.05) is 78.7 Å². The number of nitrogens with one attached hydrogen (secondary N) is 2. The van der Waals surface area contributed by atoms with Gasteiger partial charge in [0, 0.05) is 36.1 Å². The lowest BCUT2D eigenvalue weighted by atomic mass is 9.80. The molecule has 1 aliphatic rings. The average molecular weight is 540 g/mol. The standard InChI is InChI=1S/C27H40N4O2.C4H9NO/c1-5-6-17-29-25(28)23-14-10-11-15-24(23)31-27(33)20(3)19(2)16-18-30-26(32)21(4)22-12-8-7-9-13-22;1-3(2)4(5)6/h5-6,10-11,14-15,17,19-22H,1,7-9,12-13,16,18H2,2-4H3,(H2,28,29)(H,30,32)(H,31,33);3H,1-2H3,(H2,5,6)/b17-6-;/t19-,20?,21?;/m0./s1. The van der Waals surface area contributed by atoms with Gasteiger partial charge in [-0.3, -0.25) is 14.4 Å². The smallest absolute Gasteiger partial charge is 0.227 e. The number of amidine groups is 1. The van der Waals surface area contributed by atoms with Crippen molar-refractivity contribution in [2.24, 2.45) is 46.0 Å². The zero-order chi connectivity index (χ0) is 29.4. The van der Waals surface area contributed by atoms with Crippen LogP contribution in [0.5, 0.6) is 0 Å². The molecule has 3 amide bonds. The van der Waals surface area contributed by atoms with E-state index < -0.39 is 0 Å². The molecule has 1 aromatic rings. The van der Waals surface area contributed by atoms with E-state index >= 15 is 0 Å². The second kappa shape index (κ2) is 18.0. The Balaban J connectivity index is 0.00000113. The number of nitrogens with two attached hydrogens (primary N) is 2. The van der Waals surface area contributed by atoms with Crippen molar-refractivity contribution in [2.75, 3.05) is 11.9 Å². The number of rotatable bonds is 12. The van der Waals surface area contributed by atoms with Crippen molar-refractivity contribution in [1.82, 2.24) is 5.32 Å². The average Bonchev–Trinajstić information content (AvgIpc) is 2.93. The van der Waals surface area contributed by atoms with Crippen LogP contribution in [-0.2, 0) is 14.4 Å². The molecule has 2 unspecified atom stereocenters. The Hall–Kier alpha value is -3.42. The lowest BCUT2D eigenvalue weighted by Gasteiger charge is -2.27. The van der Waals surface area contributed by atoms with Crippen molar-refractivity contribution < 1.29 is 14.4 Å². The van der Waals surface area contributed by atoms with Crippen LogP contribution in [0.2, 0.25) is 0 Å². The molecule has 0 saturated heterocycles. The third-order valence-corrected chi connectivity index (χ3v) is 7.40. The van der Waals surface area contributed by atoms with E-state index in [-0.39, 0.29) is 41.4 Å². The molecule has 216 valence electrons. The fourth-order valence-corrected chi connectivity index (χ4v) is 4.26. The highest BCUT2D eigenvalue weighted by atomic mass is 16.2. The Morgan fingerprint density at radius 1 is 1.03 bits per heavy atom. The van der Waals surface area contributed by atoms with Gasteiger partial charge in [-0.15, -0.1) is 0 Å². The lowest BCUT2D eigenvalue weighted by Crippen LogP contribution is -2.36. The highest BCUT2D eigenvalue weighted by Crippen LogP contribution is 2.30. The van der Waals surface area contributed by atoms with E-state index in [1.165, 1.54) is 19.3 Å². The largest absolute Gasteiger partial charge is 0.383 e. The molecule has 0 heterocycles. The fourth-order valence-electron chi connectivity index (χ4n) is 4.26. The molecule has 1 aliphatic carbocycles. The van der Waals surface area contributed by atoms with Gasteiger partial charge < -0.3 is 22.1 Å². The maximum absolute atomic E-state index is 12.9. The lowest BCUT2D eigenvalue weighted by molar-refractivity contribution is -0.126. The molecular weight excluding hydrogens is 490 g/mol. The summed E-state index contributed by atoms with van der Waals surface area (Å²) >= 11 is 0. The molecule has 1 saturated carbocycles. The van der Waals surface area contributed by atoms with Gasteiger partial charge >= 0.3 is 0 Å². The van der Waals surface area contributed by atoms with E-state index in [9.17, 15) is 14.4 Å². The van der Waals surface area contributed by atoms with Gasteiger partial charge in [-0.2, -0.15) is 0 Å². The topological polar surface area (TPSA) is 140 Å². The van der Waals surface area contributed by atoms with E-state index in [2.05, 4.69) is 22.2 Å². The zero-order valence-corrected chi connectivity index (χ0v) is 24.4. The number of amides is 3. The number of carbonyl (C=O) groups excluding carboxylic acids is 3. The first kappa shape index (κ1) is 33.6. The van der Waals surface area contributed by atoms with Crippen LogP contribution in [0.25, 0.3) is 0 Å². The number of hydrogen-bond donors (Lipinski definition) is 4. The van der Waals surface area contributed by atoms with Crippen molar-refractivity contribution in [3.63, 3.8) is 0 Å². The molecule has 39 heavy (non-hydrogen) atoms. The third-order valence-electron chi connectivity index (χ3n) is 7.40. The summed E-state index contributed by atoms with van der Waals surface area (Å²) in [4.78, 5) is 39.5. The molecule has 0 bridgehead atoms. The van der Waals surface area contributed by atoms with Crippen LogP contribution in [0.3, 0.4) is 0 Å². The van der Waals surface area contributed by atoms with E-state index in [1.54, 1.807) is 32.2 Å². The van der Waals surface area contributed by atoms with Gasteiger partial charge in [-0.05, 0) is 49.3 Å². The van der Waals surface area contributed by atoms with Crippen molar-refractivity contribution >= 4 is 29.2 Å². The maximum atomic E-state index is 12.9. The highest BCUT2D eigenvalue weighted by molar-refractivity contribution is 6.06. The molecule has 0 aliphatic heterocycles. The Morgan fingerprint density at radius 3 is 2.23 bits per heavy atom. The van der Waals surface area contributed by atoms with Crippen LogP contribution < -0.4 is 22.1 Å². The third kappa shape index (κ3) is 12.3. The monoisotopic (exact) mass is 539 g/mol. The summed E-state index contributed by atoms with van der Waals surface area (Å²) < 4.78 is 0. The van der Waals surface area contributed by atoms with Crippen molar-refractivity contribution in [3.8, 4) is 0 Å². The molecule has 1 fully saturated rings. The summed E-state index contributed by atoms with van der Waals surface area (Å²) in [7, 11) is 0. The molecule has 8 nitrogen and oxygen atoms in total. The quantitative estimate of drug-likeness (QED) is 0.166. The van der Waals surface area contributed by atoms with Crippen molar-refractivity contribution in [3.05, 3.63) is 54.8 Å². The molecular formula is C31H49N5O3. The normalized spacial score (nSPS) is 16.5.